The Morgan fingerprint density at radius 2 is 1.96 bits per heavy atom. The van der Waals surface area contributed by atoms with Crippen LogP contribution in [0.25, 0.3) is 0 Å². The number of nitrogens with zero attached hydrogens (tertiary/aromatic N) is 2. The molecule has 3 rings (SSSR count). The molecule has 0 saturated carbocycles. The molecule has 148 valence electrons. The Hall–Kier alpha value is -2.19. The first kappa shape index (κ1) is 19.6. The SMILES string of the molecule is O=C(NCCC[NH+]1CCOCC1)c1ccc(N2CCCCC2)c([N+](=O)[O-])c1. The van der Waals surface area contributed by atoms with E-state index in [1.807, 2.05) is 0 Å². The van der Waals surface area contributed by atoms with Crippen LogP contribution in [0.2, 0.25) is 0 Å². The summed E-state index contributed by atoms with van der Waals surface area (Å²) in [5.41, 5.74) is 0.982. The number of morpholine rings is 1. The van der Waals surface area contributed by atoms with Crippen molar-refractivity contribution in [3.63, 3.8) is 0 Å². The van der Waals surface area contributed by atoms with Crippen molar-refractivity contribution in [2.45, 2.75) is 25.7 Å². The second-order valence-electron chi connectivity index (χ2n) is 7.23. The summed E-state index contributed by atoms with van der Waals surface area (Å²) in [6.07, 6.45) is 4.14. The van der Waals surface area contributed by atoms with Gasteiger partial charge in [0.25, 0.3) is 11.6 Å². The molecule has 2 aliphatic rings. The van der Waals surface area contributed by atoms with Crippen molar-refractivity contribution < 1.29 is 19.4 Å². The van der Waals surface area contributed by atoms with E-state index in [-0.39, 0.29) is 16.5 Å². The lowest BCUT2D eigenvalue weighted by atomic mass is 10.1. The van der Waals surface area contributed by atoms with Gasteiger partial charge in [-0.3, -0.25) is 14.9 Å². The summed E-state index contributed by atoms with van der Waals surface area (Å²) in [4.78, 5) is 27.1. The molecule has 0 spiro atoms. The zero-order valence-electron chi connectivity index (χ0n) is 15.7. The molecular weight excluding hydrogens is 348 g/mol. The van der Waals surface area contributed by atoms with Crippen LogP contribution < -0.4 is 15.1 Å². The fourth-order valence-corrected chi connectivity index (χ4v) is 3.77. The van der Waals surface area contributed by atoms with Crippen LogP contribution in [0, 0.1) is 10.1 Å². The predicted molar refractivity (Wildman–Crippen MR) is 102 cm³/mol. The fourth-order valence-electron chi connectivity index (χ4n) is 3.77. The Morgan fingerprint density at radius 3 is 2.67 bits per heavy atom. The normalized spacial score (nSPS) is 18.3. The van der Waals surface area contributed by atoms with E-state index in [4.69, 9.17) is 4.74 Å². The molecule has 2 aliphatic heterocycles. The molecular formula is C19H29N4O4+. The lowest BCUT2D eigenvalue weighted by molar-refractivity contribution is -0.908. The predicted octanol–water partition coefficient (Wildman–Crippen LogP) is 0.620. The van der Waals surface area contributed by atoms with Gasteiger partial charge in [-0.25, -0.2) is 0 Å². The van der Waals surface area contributed by atoms with Gasteiger partial charge in [0.05, 0.1) is 24.7 Å². The van der Waals surface area contributed by atoms with Crippen molar-refractivity contribution in [3.05, 3.63) is 33.9 Å². The highest BCUT2D eigenvalue weighted by Crippen LogP contribution is 2.31. The minimum absolute atomic E-state index is 0.0160. The number of anilines is 1. The van der Waals surface area contributed by atoms with E-state index < -0.39 is 0 Å². The van der Waals surface area contributed by atoms with Crippen molar-refractivity contribution in [1.82, 2.24) is 5.32 Å². The number of nitro benzene ring substituents is 1. The summed E-state index contributed by atoms with van der Waals surface area (Å²) in [6.45, 7) is 6.86. The van der Waals surface area contributed by atoms with Crippen molar-refractivity contribution in [1.29, 1.82) is 0 Å². The van der Waals surface area contributed by atoms with Gasteiger partial charge in [-0.2, -0.15) is 0 Å². The minimum Gasteiger partial charge on any atom is -0.370 e. The number of rotatable bonds is 7. The average molecular weight is 377 g/mol. The molecule has 8 heteroatoms. The van der Waals surface area contributed by atoms with Gasteiger partial charge in [-0.15, -0.1) is 0 Å². The third kappa shape index (κ3) is 5.40. The van der Waals surface area contributed by atoms with Crippen molar-refractivity contribution in [2.24, 2.45) is 0 Å². The molecule has 1 aromatic rings. The van der Waals surface area contributed by atoms with Gasteiger partial charge in [0.1, 0.15) is 18.8 Å². The molecule has 0 unspecified atom stereocenters. The van der Waals surface area contributed by atoms with Crippen molar-refractivity contribution >= 4 is 17.3 Å². The number of nitrogens with one attached hydrogen (secondary N) is 2. The summed E-state index contributed by atoms with van der Waals surface area (Å²) in [7, 11) is 0. The second kappa shape index (κ2) is 9.66. The number of nitro groups is 1. The summed E-state index contributed by atoms with van der Waals surface area (Å²) in [5.74, 6) is -0.250. The third-order valence-electron chi connectivity index (χ3n) is 5.32. The largest absolute Gasteiger partial charge is 0.370 e. The minimum atomic E-state index is -0.386. The molecule has 1 amide bonds. The molecule has 2 fully saturated rings. The van der Waals surface area contributed by atoms with Gasteiger partial charge in [0, 0.05) is 37.7 Å². The summed E-state index contributed by atoms with van der Waals surface area (Å²) >= 11 is 0. The molecule has 0 bridgehead atoms. The number of quaternary nitrogens is 1. The summed E-state index contributed by atoms with van der Waals surface area (Å²) in [6, 6.07) is 4.82. The summed E-state index contributed by atoms with van der Waals surface area (Å²) in [5, 5.41) is 14.4. The van der Waals surface area contributed by atoms with Gasteiger partial charge < -0.3 is 19.9 Å². The molecule has 0 radical (unpaired) electrons. The topological polar surface area (TPSA) is 89.2 Å². The Bertz CT molecular complexity index is 655. The highest BCUT2D eigenvalue weighted by molar-refractivity contribution is 5.95. The maximum atomic E-state index is 12.4. The van der Waals surface area contributed by atoms with Gasteiger partial charge in [0.15, 0.2) is 0 Å². The molecule has 2 saturated heterocycles. The molecule has 8 nitrogen and oxygen atoms in total. The smallest absolute Gasteiger partial charge is 0.293 e. The van der Waals surface area contributed by atoms with Crippen LogP contribution in [0.4, 0.5) is 11.4 Å². The number of hydrogen-bond acceptors (Lipinski definition) is 5. The number of benzene rings is 1. The fraction of sp³-hybridized carbons (Fsp3) is 0.632. The zero-order chi connectivity index (χ0) is 19.1. The van der Waals surface area contributed by atoms with Crippen LogP contribution in [0.1, 0.15) is 36.0 Å². The first-order valence-electron chi connectivity index (χ1n) is 9.88. The third-order valence-corrected chi connectivity index (χ3v) is 5.32. The van der Waals surface area contributed by atoms with E-state index in [0.29, 0.717) is 17.8 Å². The number of carbonyl (C=O) groups is 1. The van der Waals surface area contributed by atoms with E-state index in [1.165, 1.54) is 11.0 Å². The highest BCUT2D eigenvalue weighted by atomic mass is 16.6. The Balaban J connectivity index is 1.55. The van der Waals surface area contributed by atoms with E-state index in [1.54, 1.807) is 12.1 Å². The first-order valence-corrected chi connectivity index (χ1v) is 9.88. The van der Waals surface area contributed by atoms with E-state index in [9.17, 15) is 14.9 Å². The van der Waals surface area contributed by atoms with Crippen LogP contribution in [0.5, 0.6) is 0 Å². The number of amides is 1. The van der Waals surface area contributed by atoms with Crippen molar-refractivity contribution in [2.75, 3.05) is 57.4 Å². The number of hydrogen-bond donors (Lipinski definition) is 2. The second-order valence-corrected chi connectivity index (χ2v) is 7.23. The maximum absolute atomic E-state index is 12.4. The molecule has 1 aromatic carbocycles. The van der Waals surface area contributed by atoms with Crippen LogP contribution >= 0.6 is 0 Å². The van der Waals surface area contributed by atoms with Gasteiger partial charge in [-0.1, -0.05) is 0 Å². The lowest BCUT2D eigenvalue weighted by Gasteiger charge is -2.28. The Morgan fingerprint density at radius 1 is 1.22 bits per heavy atom. The zero-order valence-corrected chi connectivity index (χ0v) is 15.7. The van der Waals surface area contributed by atoms with Crippen LogP contribution in [0.3, 0.4) is 0 Å². The van der Waals surface area contributed by atoms with Gasteiger partial charge in [-0.05, 0) is 31.4 Å². The first-order chi connectivity index (χ1) is 13.1. The molecule has 27 heavy (non-hydrogen) atoms. The highest BCUT2D eigenvalue weighted by Gasteiger charge is 2.23. The lowest BCUT2D eigenvalue weighted by Crippen LogP contribution is -3.14. The molecule has 2 heterocycles. The van der Waals surface area contributed by atoms with Crippen molar-refractivity contribution in [3.8, 4) is 0 Å². The van der Waals surface area contributed by atoms with Crippen LogP contribution in [-0.4, -0.2) is 63.3 Å². The molecule has 0 atom stereocenters. The van der Waals surface area contributed by atoms with Gasteiger partial charge in [0.2, 0.25) is 0 Å². The Kier molecular flexibility index (Phi) is 7.00. The maximum Gasteiger partial charge on any atom is 0.293 e. The molecule has 2 N–H and O–H groups in total. The number of piperidine rings is 1. The van der Waals surface area contributed by atoms with Gasteiger partial charge >= 0.3 is 0 Å². The van der Waals surface area contributed by atoms with E-state index >= 15 is 0 Å². The molecule has 0 aromatic heterocycles. The number of ether oxygens (including phenoxy) is 1. The monoisotopic (exact) mass is 377 g/mol. The quantitative estimate of drug-likeness (QED) is 0.413. The van der Waals surface area contributed by atoms with E-state index in [2.05, 4.69) is 10.2 Å². The molecule has 0 aliphatic carbocycles. The average Bonchev–Trinajstić information content (AvgIpc) is 2.72. The number of carbonyl (C=O) groups excluding carboxylic acids is 1. The standard InChI is InChI=1S/C19H28N4O4/c24-19(20-7-4-8-21-11-13-27-14-12-21)16-5-6-17(18(15-16)23(25)26)22-9-2-1-3-10-22/h5-6,15H,1-4,7-14H2,(H,20,24)/p+1. The van der Waals surface area contributed by atoms with Crippen LogP contribution in [0.15, 0.2) is 18.2 Å². The van der Waals surface area contributed by atoms with Crippen LogP contribution in [-0.2, 0) is 4.74 Å². The Labute approximate surface area is 159 Å². The van der Waals surface area contributed by atoms with E-state index in [0.717, 1.165) is 71.6 Å². The summed E-state index contributed by atoms with van der Waals surface area (Å²) < 4.78 is 5.34.